The number of ether oxygens (including phenoxy) is 1. The molecule has 2 aromatic heterocycles. The van der Waals surface area contributed by atoms with Crippen molar-refractivity contribution in [1.29, 1.82) is 0 Å². The number of amides is 1. The first kappa shape index (κ1) is 18.3. The zero-order chi connectivity index (χ0) is 19.8. The monoisotopic (exact) mass is 379 g/mol. The number of hydrogen-bond donors (Lipinski definition) is 1. The van der Waals surface area contributed by atoms with Crippen LogP contribution in [0, 0.1) is 0 Å². The Morgan fingerprint density at radius 3 is 2.75 bits per heavy atom. The van der Waals surface area contributed by atoms with E-state index in [1.54, 1.807) is 11.9 Å². The molecule has 4 rings (SSSR count). The highest BCUT2D eigenvalue weighted by molar-refractivity contribution is 5.98. The molecule has 0 radical (unpaired) electrons. The van der Waals surface area contributed by atoms with E-state index in [1.165, 1.54) is 0 Å². The first-order valence-electron chi connectivity index (χ1n) is 9.54. The number of rotatable bonds is 5. The van der Waals surface area contributed by atoms with Crippen molar-refractivity contribution < 1.29 is 9.53 Å². The Bertz CT molecular complexity index is 1040. The fourth-order valence-corrected chi connectivity index (χ4v) is 3.57. The van der Waals surface area contributed by atoms with Crippen molar-refractivity contribution in [3.63, 3.8) is 0 Å². The van der Waals surface area contributed by atoms with Crippen molar-refractivity contribution in [3.05, 3.63) is 42.2 Å². The molecule has 2 N–H and O–H groups in total. The number of anilines is 2. The molecule has 3 heterocycles. The second kappa shape index (κ2) is 7.16. The van der Waals surface area contributed by atoms with Gasteiger partial charge in [0.25, 0.3) is 5.91 Å². The fourth-order valence-electron chi connectivity index (χ4n) is 3.57. The molecule has 7 nitrogen and oxygen atoms in total. The fraction of sp³-hybridized carbons (Fsp3) is 0.333. The second-order valence-corrected chi connectivity index (χ2v) is 6.98. The third-order valence-corrected chi connectivity index (χ3v) is 5.33. The van der Waals surface area contributed by atoms with Crippen LogP contribution < -0.4 is 15.4 Å². The summed E-state index contributed by atoms with van der Waals surface area (Å²) in [4.78, 5) is 20.9. The Morgan fingerprint density at radius 1 is 1.21 bits per heavy atom. The van der Waals surface area contributed by atoms with Gasteiger partial charge in [-0.2, -0.15) is 0 Å². The molecule has 28 heavy (non-hydrogen) atoms. The van der Waals surface area contributed by atoms with Gasteiger partial charge in [0.15, 0.2) is 6.61 Å². The molecule has 1 aliphatic rings. The van der Waals surface area contributed by atoms with Crippen molar-refractivity contribution >= 4 is 22.9 Å². The third-order valence-electron chi connectivity index (χ3n) is 5.33. The molecule has 1 aliphatic heterocycles. The first-order chi connectivity index (χ1) is 13.5. The van der Waals surface area contributed by atoms with Crippen molar-refractivity contribution in [2.75, 3.05) is 37.4 Å². The molecule has 0 saturated heterocycles. The summed E-state index contributed by atoms with van der Waals surface area (Å²) in [6.07, 6.45) is 1.92. The summed E-state index contributed by atoms with van der Waals surface area (Å²) in [5.74, 6) is 0.653. The molecule has 0 saturated carbocycles. The number of hydrogen-bond acceptors (Lipinski definition) is 5. The highest BCUT2D eigenvalue weighted by atomic mass is 16.5. The second-order valence-electron chi connectivity index (χ2n) is 6.98. The molecular weight excluding hydrogens is 354 g/mol. The van der Waals surface area contributed by atoms with Gasteiger partial charge < -0.3 is 19.8 Å². The van der Waals surface area contributed by atoms with Crippen LogP contribution in [0.25, 0.3) is 16.9 Å². The molecule has 0 spiro atoms. The molecule has 0 bridgehead atoms. The number of nitrogens with two attached hydrogens (primary N) is 1. The van der Waals surface area contributed by atoms with Crippen LogP contribution in [0.4, 0.5) is 11.4 Å². The van der Waals surface area contributed by atoms with Crippen molar-refractivity contribution in [2.45, 2.75) is 20.4 Å². The summed E-state index contributed by atoms with van der Waals surface area (Å²) in [5.41, 5.74) is 11.3. The van der Waals surface area contributed by atoms with Gasteiger partial charge in [-0.1, -0.05) is 13.8 Å². The maximum atomic E-state index is 12.0. The Labute approximate surface area is 164 Å². The number of nitrogens with zero attached hydrogens (tertiary/aromatic N) is 4. The highest BCUT2D eigenvalue weighted by Gasteiger charge is 2.24. The molecular formula is C21H25N5O2. The number of imidazole rings is 1. The molecule has 0 fully saturated rings. The van der Waals surface area contributed by atoms with E-state index in [2.05, 4.69) is 23.1 Å². The number of pyridine rings is 1. The van der Waals surface area contributed by atoms with Crippen molar-refractivity contribution in [2.24, 2.45) is 0 Å². The van der Waals surface area contributed by atoms with Crippen LogP contribution in [0.5, 0.6) is 5.75 Å². The molecule has 146 valence electrons. The van der Waals surface area contributed by atoms with Crippen molar-refractivity contribution in [1.82, 2.24) is 14.3 Å². The number of benzene rings is 1. The Kier molecular flexibility index (Phi) is 4.68. The van der Waals surface area contributed by atoms with E-state index in [0.717, 1.165) is 47.9 Å². The minimum atomic E-state index is -0.0595. The number of likely N-dealkylation sites (N-methyl/N-ethyl adjacent to an activating group) is 1. The summed E-state index contributed by atoms with van der Waals surface area (Å²) < 4.78 is 7.62. The molecule has 0 atom stereocenters. The van der Waals surface area contributed by atoms with E-state index < -0.39 is 0 Å². The number of aromatic nitrogens is 2. The summed E-state index contributed by atoms with van der Waals surface area (Å²) in [7, 11) is 1.77. The van der Waals surface area contributed by atoms with Crippen LogP contribution in [0.3, 0.4) is 0 Å². The molecule has 3 aromatic rings. The van der Waals surface area contributed by atoms with E-state index in [-0.39, 0.29) is 12.5 Å². The lowest BCUT2D eigenvalue weighted by Gasteiger charge is -2.26. The normalized spacial score (nSPS) is 13.9. The van der Waals surface area contributed by atoms with Crippen LogP contribution in [-0.2, 0) is 11.3 Å². The molecule has 0 aliphatic carbocycles. The zero-order valence-corrected chi connectivity index (χ0v) is 16.5. The largest absolute Gasteiger partial charge is 0.482 e. The van der Waals surface area contributed by atoms with Gasteiger partial charge in [-0.25, -0.2) is 4.98 Å². The number of carbonyl (C=O) groups excluding carboxylic acids is 1. The Morgan fingerprint density at radius 2 is 2.00 bits per heavy atom. The van der Waals surface area contributed by atoms with E-state index in [0.29, 0.717) is 11.4 Å². The Hall–Kier alpha value is -3.06. The topological polar surface area (TPSA) is 76.1 Å². The molecule has 7 heteroatoms. The van der Waals surface area contributed by atoms with E-state index >= 15 is 0 Å². The highest BCUT2D eigenvalue weighted by Crippen LogP contribution is 2.36. The van der Waals surface area contributed by atoms with Gasteiger partial charge in [-0.3, -0.25) is 9.69 Å². The van der Waals surface area contributed by atoms with Crippen LogP contribution in [0.2, 0.25) is 0 Å². The van der Waals surface area contributed by atoms with E-state index in [1.807, 2.05) is 36.5 Å². The predicted octanol–water partition coefficient (Wildman–Crippen LogP) is 2.78. The number of nitrogen functional groups attached to an aromatic ring is 1. The Balaban J connectivity index is 1.87. The van der Waals surface area contributed by atoms with Crippen LogP contribution in [0.15, 0.2) is 36.5 Å². The minimum absolute atomic E-state index is 0.0595. The average molecular weight is 379 g/mol. The van der Waals surface area contributed by atoms with Gasteiger partial charge >= 0.3 is 0 Å². The van der Waals surface area contributed by atoms with Gasteiger partial charge in [0.05, 0.1) is 17.1 Å². The van der Waals surface area contributed by atoms with E-state index in [4.69, 9.17) is 15.5 Å². The maximum Gasteiger partial charge on any atom is 0.264 e. The minimum Gasteiger partial charge on any atom is -0.482 e. The average Bonchev–Trinajstić information content (AvgIpc) is 3.06. The van der Waals surface area contributed by atoms with Crippen molar-refractivity contribution in [3.8, 4) is 17.0 Å². The summed E-state index contributed by atoms with van der Waals surface area (Å²) in [6, 6.07) is 9.68. The van der Waals surface area contributed by atoms with Gasteiger partial charge in [-0.15, -0.1) is 0 Å². The summed E-state index contributed by atoms with van der Waals surface area (Å²) in [6.45, 7) is 7.02. The molecule has 1 amide bonds. The number of fused-ring (bicyclic) bond motifs is 2. The predicted molar refractivity (Wildman–Crippen MR) is 111 cm³/mol. The summed E-state index contributed by atoms with van der Waals surface area (Å²) >= 11 is 0. The smallest absolute Gasteiger partial charge is 0.264 e. The molecule has 1 aromatic carbocycles. The first-order valence-corrected chi connectivity index (χ1v) is 9.54. The van der Waals surface area contributed by atoms with Gasteiger partial charge in [0.2, 0.25) is 0 Å². The lowest BCUT2D eigenvalue weighted by atomic mass is 10.1. The third kappa shape index (κ3) is 3.07. The van der Waals surface area contributed by atoms with Crippen LogP contribution >= 0.6 is 0 Å². The standard InChI is InChI=1S/C21H25N5O2/c1-4-25(5-2)12-17-21(23-19-9-7-15(22)11-26(17)19)14-6-8-18-16(10-14)24(3)20(27)13-28-18/h6-11H,4-5,12-13,22H2,1-3H3. The lowest BCUT2D eigenvalue weighted by molar-refractivity contribution is -0.120. The van der Waals surface area contributed by atoms with E-state index in [9.17, 15) is 4.79 Å². The van der Waals surface area contributed by atoms with Crippen LogP contribution in [-0.4, -0.2) is 46.9 Å². The number of carbonyl (C=O) groups is 1. The summed E-state index contributed by atoms with van der Waals surface area (Å²) in [5, 5.41) is 0. The maximum absolute atomic E-state index is 12.0. The quantitative estimate of drug-likeness (QED) is 0.738. The molecule has 0 unspecified atom stereocenters. The van der Waals surface area contributed by atoms with Gasteiger partial charge in [-0.05, 0) is 43.4 Å². The SMILES string of the molecule is CCN(CC)Cc1c(-c2ccc3c(c2)N(C)C(=O)CO3)nc2ccc(N)cn12. The van der Waals surface area contributed by atoms with Gasteiger partial charge in [0.1, 0.15) is 11.4 Å². The lowest BCUT2D eigenvalue weighted by Crippen LogP contribution is -2.35. The van der Waals surface area contributed by atoms with Crippen LogP contribution in [0.1, 0.15) is 19.5 Å². The van der Waals surface area contributed by atoms with Gasteiger partial charge in [0, 0.05) is 31.0 Å². The zero-order valence-electron chi connectivity index (χ0n) is 16.5.